The molecule has 0 aromatic heterocycles. The molecule has 0 saturated carbocycles. The van der Waals surface area contributed by atoms with Crippen LogP contribution in [0.4, 0.5) is 0 Å². The second-order valence-corrected chi connectivity index (χ2v) is 7.53. The van der Waals surface area contributed by atoms with E-state index in [1.807, 2.05) is 0 Å². The Morgan fingerprint density at radius 2 is 1.04 bits per heavy atom. The van der Waals surface area contributed by atoms with E-state index in [0.717, 1.165) is 37.2 Å². The number of ether oxygens (including phenoxy) is 2. The minimum atomic E-state index is -0.744. The maximum Gasteiger partial charge on any atom is 0.223 e. The molecule has 0 saturated heterocycles. The SMILES string of the molecule is CCCCCCOC1(OCCCCCC)c2ccccc2-c2ccccc21. The maximum atomic E-state index is 6.57. The third-order valence-electron chi connectivity index (χ3n) is 5.46. The third-order valence-corrected chi connectivity index (χ3v) is 5.46. The molecule has 27 heavy (non-hydrogen) atoms. The van der Waals surface area contributed by atoms with E-state index in [-0.39, 0.29) is 0 Å². The fourth-order valence-corrected chi connectivity index (χ4v) is 4.00. The second kappa shape index (κ2) is 10.1. The zero-order valence-corrected chi connectivity index (χ0v) is 17.0. The van der Waals surface area contributed by atoms with Crippen LogP contribution in [0.15, 0.2) is 48.5 Å². The number of hydrogen-bond acceptors (Lipinski definition) is 2. The normalized spacial score (nSPS) is 14.1. The number of hydrogen-bond donors (Lipinski definition) is 0. The summed E-state index contributed by atoms with van der Waals surface area (Å²) in [4.78, 5) is 0. The first-order valence-corrected chi connectivity index (χ1v) is 10.8. The first kappa shape index (κ1) is 20.1. The van der Waals surface area contributed by atoms with Gasteiger partial charge in [-0.2, -0.15) is 0 Å². The number of unbranched alkanes of at least 4 members (excludes halogenated alkanes) is 6. The monoisotopic (exact) mass is 366 g/mol. The summed E-state index contributed by atoms with van der Waals surface area (Å²) >= 11 is 0. The van der Waals surface area contributed by atoms with Crippen LogP contribution in [0.1, 0.15) is 76.3 Å². The van der Waals surface area contributed by atoms with Crippen molar-refractivity contribution in [2.75, 3.05) is 13.2 Å². The first-order valence-electron chi connectivity index (χ1n) is 10.8. The largest absolute Gasteiger partial charge is 0.342 e. The van der Waals surface area contributed by atoms with E-state index < -0.39 is 5.79 Å². The van der Waals surface area contributed by atoms with E-state index in [1.165, 1.54) is 49.7 Å². The van der Waals surface area contributed by atoms with Gasteiger partial charge in [-0.1, -0.05) is 101 Å². The molecule has 0 aliphatic heterocycles. The molecule has 0 atom stereocenters. The van der Waals surface area contributed by atoms with Crippen LogP contribution in [0.2, 0.25) is 0 Å². The van der Waals surface area contributed by atoms with Gasteiger partial charge in [-0.05, 0) is 24.0 Å². The van der Waals surface area contributed by atoms with Crippen LogP contribution in [-0.4, -0.2) is 13.2 Å². The maximum absolute atomic E-state index is 6.57. The summed E-state index contributed by atoms with van der Waals surface area (Å²) in [6.45, 7) is 5.95. The Kier molecular flexibility index (Phi) is 7.49. The molecule has 0 amide bonds. The summed E-state index contributed by atoms with van der Waals surface area (Å²) in [5.74, 6) is -0.744. The molecule has 2 heteroatoms. The average molecular weight is 367 g/mol. The molecule has 2 aromatic rings. The van der Waals surface area contributed by atoms with Crippen LogP contribution in [0, 0.1) is 0 Å². The molecule has 3 rings (SSSR count). The van der Waals surface area contributed by atoms with Crippen LogP contribution < -0.4 is 0 Å². The molecular formula is C25H34O2. The van der Waals surface area contributed by atoms with Gasteiger partial charge in [-0.3, -0.25) is 0 Å². The highest BCUT2D eigenvalue weighted by molar-refractivity contribution is 5.79. The molecule has 2 aromatic carbocycles. The Morgan fingerprint density at radius 1 is 0.593 bits per heavy atom. The number of rotatable bonds is 12. The summed E-state index contributed by atoms with van der Waals surface area (Å²) in [5, 5.41) is 0. The van der Waals surface area contributed by atoms with Gasteiger partial charge in [0.25, 0.3) is 0 Å². The van der Waals surface area contributed by atoms with Crippen molar-refractivity contribution in [2.24, 2.45) is 0 Å². The number of fused-ring (bicyclic) bond motifs is 3. The van der Waals surface area contributed by atoms with Crippen molar-refractivity contribution in [3.05, 3.63) is 59.7 Å². The lowest BCUT2D eigenvalue weighted by Crippen LogP contribution is -2.33. The van der Waals surface area contributed by atoms with E-state index in [4.69, 9.17) is 9.47 Å². The van der Waals surface area contributed by atoms with Gasteiger partial charge in [-0.25, -0.2) is 0 Å². The fourth-order valence-electron chi connectivity index (χ4n) is 4.00. The lowest BCUT2D eigenvalue weighted by Gasteiger charge is -2.32. The van der Waals surface area contributed by atoms with Crippen molar-refractivity contribution < 1.29 is 9.47 Å². The van der Waals surface area contributed by atoms with Gasteiger partial charge >= 0.3 is 0 Å². The smallest absolute Gasteiger partial charge is 0.223 e. The zero-order valence-electron chi connectivity index (χ0n) is 17.0. The van der Waals surface area contributed by atoms with Crippen molar-refractivity contribution >= 4 is 0 Å². The molecule has 0 bridgehead atoms. The van der Waals surface area contributed by atoms with Gasteiger partial charge in [0.2, 0.25) is 5.79 Å². The third kappa shape index (κ3) is 4.44. The highest BCUT2D eigenvalue weighted by Gasteiger charge is 2.45. The topological polar surface area (TPSA) is 18.5 Å². The lowest BCUT2D eigenvalue weighted by atomic mass is 10.0. The van der Waals surface area contributed by atoms with E-state index in [1.54, 1.807) is 0 Å². The van der Waals surface area contributed by atoms with Crippen molar-refractivity contribution in [2.45, 2.75) is 71.0 Å². The van der Waals surface area contributed by atoms with Crippen molar-refractivity contribution in [3.63, 3.8) is 0 Å². The van der Waals surface area contributed by atoms with Crippen LogP contribution >= 0.6 is 0 Å². The Balaban J connectivity index is 1.84. The molecule has 0 N–H and O–H groups in total. The fraction of sp³-hybridized carbons (Fsp3) is 0.520. The Hall–Kier alpha value is -1.64. The Bertz CT molecular complexity index is 645. The lowest BCUT2D eigenvalue weighted by molar-refractivity contribution is -0.216. The van der Waals surface area contributed by atoms with Crippen LogP contribution in [0.25, 0.3) is 11.1 Å². The highest BCUT2D eigenvalue weighted by atomic mass is 16.7. The minimum Gasteiger partial charge on any atom is -0.342 e. The van der Waals surface area contributed by atoms with Crippen molar-refractivity contribution in [1.82, 2.24) is 0 Å². The molecular weight excluding hydrogens is 332 g/mol. The van der Waals surface area contributed by atoms with Gasteiger partial charge in [-0.15, -0.1) is 0 Å². The predicted molar refractivity (Wildman–Crippen MR) is 113 cm³/mol. The van der Waals surface area contributed by atoms with Gasteiger partial charge in [0, 0.05) is 11.1 Å². The molecule has 1 aliphatic carbocycles. The van der Waals surface area contributed by atoms with Gasteiger partial charge in [0.1, 0.15) is 0 Å². The predicted octanol–water partition coefficient (Wildman–Crippen LogP) is 7.06. The van der Waals surface area contributed by atoms with E-state index in [9.17, 15) is 0 Å². The molecule has 0 radical (unpaired) electrons. The van der Waals surface area contributed by atoms with E-state index in [2.05, 4.69) is 62.4 Å². The summed E-state index contributed by atoms with van der Waals surface area (Å²) in [5.41, 5.74) is 4.82. The second-order valence-electron chi connectivity index (χ2n) is 7.53. The quantitative estimate of drug-likeness (QED) is 0.296. The molecule has 0 unspecified atom stereocenters. The molecule has 2 nitrogen and oxygen atoms in total. The Morgan fingerprint density at radius 3 is 1.48 bits per heavy atom. The molecule has 0 fully saturated rings. The first-order chi connectivity index (χ1) is 13.3. The summed E-state index contributed by atoms with van der Waals surface area (Å²) in [7, 11) is 0. The highest BCUT2D eigenvalue weighted by Crippen LogP contribution is 2.50. The van der Waals surface area contributed by atoms with Gasteiger partial charge < -0.3 is 9.47 Å². The standard InChI is InChI=1S/C25H34O2/c1-3-5-7-13-19-26-25(27-20-14-8-6-4-2)23-17-11-9-15-21(23)22-16-10-12-18-24(22)25/h9-12,15-18H,3-8,13-14,19-20H2,1-2H3. The average Bonchev–Trinajstić information content (AvgIpc) is 2.99. The van der Waals surface area contributed by atoms with E-state index in [0.29, 0.717) is 0 Å². The van der Waals surface area contributed by atoms with Gasteiger partial charge in [0.15, 0.2) is 0 Å². The molecule has 1 aliphatic rings. The van der Waals surface area contributed by atoms with Gasteiger partial charge in [0.05, 0.1) is 13.2 Å². The Labute approximate surface area is 164 Å². The molecule has 0 spiro atoms. The summed E-state index contributed by atoms with van der Waals surface area (Å²) < 4.78 is 13.1. The zero-order chi connectivity index (χ0) is 19.0. The van der Waals surface area contributed by atoms with Crippen molar-refractivity contribution in [1.29, 1.82) is 0 Å². The van der Waals surface area contributed by atoms with Crippen LogP contribution in [0.3, 0.4) is 0 Å². The molecule has 0 heterocycles. The number of benzene rings is 2. The molecule has 146 valence electrons. The van der Waals surface area contributed by atoms with E-state index >= 15 is 0 Å². The van der Waals surface area contributed by atoms with Crippen LogP contribution in [0.5, 0.6) is 0 Å². The van der Waals surface area contributed by atoms with Crippen LogP contribution in [-0.2, 0) is 15.3 Å². The van der Waals surface area contributed by atoms with Crippen molar-refractivity contribution in [3.8, 4) is 11.1 Å². The summed E-state index contributed by atoms with van der Waals surface area (Å²) in [6, 6.07) is 17.1. The minimum absolute atomic E-state index is 0.734. The summed E-state index contributed by atoms with van der Waals surface area (Å²) in [6.07, 6.45) is 9.61.